The Labute approximate surface area is 78.8 Å². The van der Waals surface area contributed by atoms with Crippen molar-refractivity contribution in [1.29, 1.82) is 0 Å². The number of nitrogens with zero attached hydrogens (tertiary/aromatic N) is 1. The molecule has 1 atom stereocenters. The van der Waals surface area contributed by atoms with Gasteiger partial charge in [-0.2, -0.15) is 0 Å². The van der Waals surface area contributed by atoms with Crippen molar-refractivity contribution in [3.8, 4) is 5.75 Å². The number of phenolic OH excluding ortho intramolecular Hbond substituents is 1. The predicted octanol–water partition coefficient (Wildman–Crippen LogP) is 1.94. The first-order chi connectivity index (χ1) is 6.20. The Balaban J connectivity index is 2.43. The summed E-state index contributed by atoms with van der Waals surface area (Å²) in [5, 5.41) is 9.61. The highest BCUT2D eigenvalue weighted by atomic mass is 16.3. The topological polar surface area (TPSA) is 23.5 Å². The fourth-order valence-corrected chi connectivity index (χ4v) is 2.15. The fourth-order valence-electron chi connectivity index (χ4n) is 2.15. The molecule has 1 aromatic carbocycles. The second-order valence-corrected chi connectivity index (χ2v) is 3.86. The average Bonchev–Trinajstić information content (AvgIpc) is 2.48. The molecule has 2 heteroatoms. The van der Waals surface area contributed by atoms with Crippen LogP contribution in [0.3, 0.4) is 0 Å². The summed E-state index contributed by atoms with van der Waals surface area (Å²) in [7, 11) is 4.17. The monoisotopic (exact) mass is 177 g/mol. The van der Waals surface area contributed by atoms with Gasteiger partial charge in [-0.1, -0.05) is 12.1 Å². The van der Waals surface area contributed by atoms with Crippen molar-refractivity contribution in [1.82, 2.24) is 4.90 Å². The van der Waals surface area contributed by atoms with Gasteiger partial charge in [-0.3, -0.25) is 0 Å². The van der Waals surface area contributed by atoms with Gasteiger partial charge in [-0.15, -0.1) is 0 Å². The first kappa shape index (κ1) is 8.57. The Bertz CT molecular complexity index is 320. The van der Waals surface area contributed by atoms with Crippen LogP contribution in [-0.4, -0.2) is 24.1 Å². The van der Waals surface area contributed by atoms with E-state index in [1.165, 1.54) is 5.56 Å². The number of hydrogen-bond donors (Lipinski definition) is 1. The Morgan fingerprint density at radius 3 is 2.85 bits per heavy atom. The second-order valence-electron chi connectivity index (χ2n) is 3.86. The molecule has 0 bridgehead atoms. The van der Waals surface area contributed by atoms with Crippen molar-refractivity contribution in [3.63, 3.8) is 0 Å². The molecule has 0 amide bonds. The van der Waals surface area contributed by atoms with Crippen LogP contribution in [0.2, 0.25) is 0 Å². The lowest BCUT2D eigenvalue weighted by Gasteiger charge is -2.19. The van der Waals surface area contributed by atoms with Crippen LogP contribution in [0.1, 0.15) is 23.6 Å². The van der Waals surface area contributed by atoms with E-state index in [-0.39, 0.29) is 0 Å². The molecule has 1 aliphatic carbocycles. The summed E-state index contributed by atoms with van der Waals surface area (Å²) in [6, 6.07) is 6.31. The van der Waals surface area contributed by atoms with E-state index in [1.807, 2.05) is 6.07 Å². The van der Waals surface area contributed by atoms with Crippen LogP contribution in [0.4, 0.5) is 0 Å². The average molecular weight is 177 g/mol. The van der Waals surface area contributed by atoms with Gasteiger partial charge < -0.3 is 10.0 Å². The summed E-state index contributed by atoms with van der Waals surface area (Å²) in [6.07, 6.45) is 2.13. The molecule has 13 heavy (non-hydrogen) atoms. The Morgan fingerprint density at radius 2 is 2.15 bits per heavy atom. The van der Waals surface area contributed by atoms with Crippen LogP contribution in [0.5, 0.6) is 5.75 Å². The minimum atomic E-state index is 0.460. The molecule has 2 nitrogen and oxygen atoms in total. The van der Waals surface area contributed by atoms with Crippen LogP contribution < -0.4 is 0 Å². The maximum atomic E-state index is 9.61. The lowest BCUT2D eigenvalue weighted by Crippen LogP contribution is -2.17. The van der Waals surface area contributed by atoms with E-state index in [2.05, 4.69) is 25.1 Å². The van der Waals surface area contributed by atoms with E-state index < -0.39 is 0 Å². The summed E-state index contributed by atoms with van der Waals surface area (Å²) in [6.45, 7) is 0. The van der Waals surface area contributed by atoms with Crippen LogP contribution in [0, 0.1) is 0 Å². The molecule has 0 saturated heterocycles. The van der Waals surface area contributed by atoms with Gasteiger partial charge in [0.15, 0.2) is 0 Å². The summed E-state index contributed by atoms with van der Waals surface area (Å²) < 4.78 is 0. The van der Waals surface area contributed by atoms with Crippen LogP contribution >= 0.6 is 0 Å². The van der Waals surface area contributed by atoms with Crippen molar-refractivity contribution in [2.75, 3.05) is 14.1 Å². The van der Waals surface area contributed by atoms with Gasteiger partial charge in [0.2, 0.25) is 0 Å². The van der Waals surface area contributed by atoms with Gasteiger partial charge in [0.05, 0.1) is 0 Å². The third-order valence-corrected chi connectivity index (χ3v) is 2.84. The van der Waals surface area contributed by atoms with Crippen molar-refractivity contribution in [2.24, 2.45) is 0 Å². The molecular formula is C11H15NO. The van der Waals surface area contributed by atoms with Gasteiger partial charge in [-0.25, -0.2) is 0 Å². The molecular weight excluding hydrogens is 162 g/mol. The largest absolute Gasteiger partial charge is 0.508 e. The second kappa shape index (κ2) is 3.04. The van der Waals surface area contributed by atoms with E-state index in [1.54, 1.807) is 6.07 Å². The molecule has 1 N–H and O–H groups in total. The van der Waals surface area contributed by atoms with Crippen LogP contribution in [0.25, 0.3) is 0 Å². The number of rotatable bonds is 1. The molecule has 0 aromatic heterocycles. The van der Waals surface area contributed by atoms with Gasteiger partial charge >= 0.3 is 0 Å². The van der Waals surface area contributed by atoms with E-state index in [4.69, 9.17) is 0 Å². The SMILES string of the molecule is CN(C)[C@@H]1CCc2c(O)cccc21. The molecule has 1 aliphatic rings. The molecule has 0 heterocycles. The standard InChI is InChI=1S/C11H15NO/c1-12(2)10-7-6-9-8(10)4-3-5-11(9)13/h3-5,10,13H,6-7H2,1-2H3/t10-/m1/s1. The predicted molar refractivity (Wildman–Crippen MR) is 52.9 cm³/mol. The normalized spacial score (nSPS) is 20.7. The van der Waals surface area contributed by atoms with Crippen LogP contribution in [0.15, 0.2) is 18.2 Å². The van der Waals surface area contributed by atoms with E-state index in [9.17, 15) is 5.11 Å². The molecule has 0 spiro atoms. The zero-order chi connectivity index (χ0) is 9.42. The molecule has 70 valence electrons. The molecule has 0 unspecified atom stereocenters. The van der Waals surface area contributed by atoms with Crippen molar-refractivity contribution in [3.05, 3.63) is 29.3 Å². The third-order valence-electron chi connectivity index (χ3n) is 2.84. The summed E-state index contributed by atoms with van der Waals surface area (Å²) in [5.41, 5.74) is 2.44. The number of fused-ring (bicyclic) bond motifs is 1. The number of benzene rings is 1. The van der Waals surface area contributed by atoms with Gasteiger partial charge in [0.25, 0.3) is 0 Å². The maximum Gasteiger partial charge on any atom is 0.119 e. The highest BCUT2D eigenvalue weighted by Gasteiger charge is 2.25. The Kier molecular flexibility index (Phi) is 2.00. The molecule has 0 fully saturated rings. The molecule has 1 aromatic rings. The Hall–Kier alpha value is -1.02. The minimum absolute atomic E-state index is 0.460. The first-order valence-electron chi connectivity index (χ1n) is 4.67. The first-order valence-corrected chi connectivity index (χ1v) is 4.67. The zero-order valence-corrected chi connectivity index (χ0v) is 8.12. The highest BCUT2D eigenvalue weighted by molar-refractivity contribution is 5.44. The van der Waals surface area contributed by atoms with Crippen molar-refractivity contribution < 1.29 is 5.11 Å². The van der Waals surface area contributed by atoms with Crippen molar-refractivity contribution >= 4 is 0 Å². The quantitative estimate of drug-likeness (QED) is 0.708. The molecule has 2 rings (SSSR count). The number of hydrogen-bond acceptors (Lipinski definition) is 2. The maximum absolute atomic E-state index is 9.61. The number of aromatic hydroxyl groups is 1. The molecule has 0 radical (unpaired) electrons. The van der Waals surface area contributed by atoms with E-state index in [0.29, 0.717) is 11.8 Å². The van der Waals surface area contributed by atoms with Gasteiger partial charge in [0, 0.05) is 6.04 Å². The number of phenols is 1. The van der Waals surface area contributed by atoms with E-state index in [0.717, 1.165) is 18.4 Å². The molecule has 0 aliphatic heterocycles. The van der Waals surface area contributed by atoms with Crippen molar-refractivity contribution in [2.45, 2.75) is 18.9 Å². The summed E-state index contributed by atoms with van der Waals surface area (Å²) >= 11 is 0. The fraction of sp³-hybridized carbons (Fsp3) is 0.455. The van der Waals surface area contributed by atoms with E-state index >= 15 is 0 Å². The zero-order valence-electron chi connectivity index (χ0n) is 8.12. The smallest absolute Gasteiger partial charge is 0.119 e. The highest BCUT2D eigenvalue weighted by Crippen LogP contribution is 2.38. The summed E-state index contributed by atoms with van der Waals surface area (Å²) in [5.74, 6) is 0.460. The molecule has 0 saturated carbocycles. The van der Waals surface area contributed by atoms with Gasteiger partial charge in [-0.05, 0) is 44.1 Å². The van der Waals surface area contributed by atoms with Crippen LogP contribution in [-0.2, 0) is 6.42 Å². The van der Waals surface area contributed by atoms with Gasteiger partial charge in [0.1, 0.15) is 5.75 Å². The third kappa shape index (κ3) is 1.31. The summed E-state index contributed by atoms with van der Waals surface area (Å²) in [4.78, 5) is 2.21. The Morgan fingerprint density at radius 1 is 1.38 bits per heavy atom. The lowest BCUT2D eigenvalue weighted by molar-refractivity contribution is 0.299. The lowest BCUT2D eigenvalue weighted by atomic mass is 10.1. The minimum Gasteiger partial charge on any atom is -0.508 e.